The van der Waals surface area contributed by atoms with Crippen LogP contribution >= 0.6 is 0 Å². The summed E-state index contributed by atoms with van der Waals surface area (Å²) in [5.41, 5.74) is 12.2. The maximum absolute atomic E-state index is 6.57. The summed E-state index contributed by atoms with van der Waals surface area (Å²) in [6.45, 7) is 0. The predicted octanol–water partition coefficient (Wildman–Crippen LogP) is 14.8. The van der Waals surface area contributed by atoms with Gasteiger partial charge in [-0.05, 0) is 74.5 Å². The monoisotopic (exact) mass is 767 g/mol. The Balaban J connectivity index is 1.13. The van der Waals surface area contributed by atoms with Crippen molar-refractivity contribution in [2.75, 3.05) is 0 Å². The summed E-state index contributed by atoms with van der Waals surface area (Å²) in [6, 6.07) is 69.4. The first kappa shape index (κ1) is 33.9. The standard InChI is InChI=1S/C55H33N3O2/c1-3-15-34(16-4-1)37-31-32-39(41-20-8-7-19-40(37)41)36-29-30-38(35-17-5-2-6-18-35)48(33-36)55-57-53(46-25-13-23-44-42-21-9-11-27-49(42)59-51(44)46)56-54(58-55)47-26-14-24-45-43-22-10-12-28-50(43)60-52(45)47/h1-33H. The van der Waals surface area contributed by atoms with Gasteiger partial charge in [0.1, 0.15) is 22.3 Å². The third kappa shape index (κ3) is 5.52. The van der Waals surface area contributed by atoms with Crippen LogP contribution in [0.3, 0.4) is 0 Å². The summed E-state index contributed by atoms with van der Waals surface area (Å²) in [6.07, 6.45) is 0. The summed E-state index contributed by atoms with van der Waals surface area (Å²) in [7, 11) is 0. The van der Waals surface area contributed by atoms with Crippen LogP contribution in [0.4, 0.5) is 0 Å². The van der Waals surface area contributed by atoms with Crippen LogP contribution in [-0.4, -0.2) is 15.0 Å². The number of benzene rings is 9. The first-order valence-corrected chi connectivity index (χ1v) is 20.1. The molecular weight excluding hydrogens is 735 g/mol. The Morgan fingerprint density at radius 3 is 1.18 bits per heavy atom. The van der Waals surface area contributed by atoms with Crippen LogP contribution in [0.5, 0.6) is 0 Å². The number of para-hydroxylation sites is 4. The lowest BCUT2D eigenvalue weighted by atomic mass is 9.89. The molecule has 0 saturated heterocycles. The molecule has 0 saturated carbocycles. The molecule has 0 aliphatic heterocycles. The second-order valence-electron chi connectivity index (χ2n) is 15.1. The Labute approximate surface area is 344 Å². The quantitative estimate of drug-likeness (QED) is 0.169. The van der Waals surface area contributed by atoms with Crippen LogP contribution in [0.1, 0.15) is 0 Å². The molecule has 12 aromatic rings. The van der Waals surface area contributed by atoms with Crippen LogP contribution < -0.4 is 0 Å². The Morgan fingerprint density at radius 2 is 0.650 bits per heavy atom. The van der Waals surface area contributed by atoms with Gasteiger partial charge in [-0.2, -0.15) is 0 Å². The van der Waals surface area contributed by atoms with E-state index in [9.17, 15) is 0 Å². The van der Waals surface area contributed by atoms with E-state index in [4.69, 9.17) is 23.8 Å². The molecule has 0 fully saturated rings. The predicted molar refractivity (Wildman–Crippen MR) is 245 cm³/mol. The van der Waals surface area contributed by atoms with Gasteiger partial charge in [-0.25, -0.2) is 15.0 Å². The van der Waals surface area contributed by atoms with Gasteiger partial charge in [-0.15, -0.1) is 0 Å². The van der Waals surface area contributed by atoms with Gasteiger partial charge in [-0.3, -0.25) is 0 Å². The van der Waals surface area contributed by atoms with E-state index in [1.807, 2.05) is 66.7 Å². The molecule has 0 amide bonds. The number of hydrogen-bond donors (Lipinski definition) is 0. The minimum Gasteiger partial charge on any atom is -0.455 e. The maximum Gasteiger partial charge on any atom is 0.167 e. The van der Waals surface area contributed by atoms with Gasteiger partial charge in [0.15, 0.2) is 17.5 Å². The zero-order valence-corrected chi connectivity index (χ0v) is 32.2. The Morgan fingerprint density at radius 1 is 0.250 bits per heavy atom. The van der Waals surface area contributed by atoms with Gasteiger partial charge >= 0.3 is 0 Å². The summed E-state index contributed by atoms with van der Waals surface area (Å²) < 4.78 is 13.1. The van der Waals surface area contributed by atoms with Crippen LogP contribution in [-0.2, 0) is 0 Å². The fourth-order valence-corrected chi connectivity index (χ4v) is 8.77. The van der Waals surface area contributed by atoms with Gasteiger partial charge in [0.25, 0.3) is 0 Å². The molecule has 5 nitrogen and oxygen atoms in total. The molecule has 3 heterocycles. The number of aromatic nitrogens is 3. The molecule has 0 aliphatic rings. The molecule has 3 aromatic heterocycles. The Hall–Kier alpha value is -8.15. The van der Waals surface area contributed by atoms with Crippen molar-refractivity contribution in [3.05, 3.63) is 200 Å². The smallest absolute Gasteiger partial charge is 0.167 e. The number of rotatable bonds is 6. The largest absolute Gasteiger partial charge is 0.455 e. The molecule has 0 unspecified atom stereocenters. The SMILES string of the molecule is c1ccc(-c2ccc(-c3ccc(-c4ccccc4)c4ccccc34)cc2-c2nc(-c3cccc4c3oc3ccccc34)nc(-c3cccc4c3oc3ccccc34)n2)cc1. The molecule has 60 heavy (non-hydrogen) atoms. The highest BCUT2D eigenvalue weighted by atomic mass is 16.3. The minimum atomic E-state index is 0.509. The van der Waals surface area contributed by atoms with Crippen LogP contribution in [0.2, 0.25) is 0 Å². The molecular formula is C55H33N3O2. The summed E-state index contributed by atoms with van der Waals surface area (Å²) >= 11 is 0. The van der Waals surface area contributed by atoms with E-state index in [-0.39, 0.29) is 0 Å². The molecule has 5 heteroatoms. The van der Waals surface area contributed by atoms with Crippen molar-refractivity contribution in [2.45, 2.75) is 0 Å². The van der Waals surface area contributed by atoms with Crippen LogP contribution in [0.25, 0.3) is 122 Å². The fourth-order valence-electron chi connectivity index (χ4n) is 8.77. The molecule has 0 spiro atoms. The van der Waals surface area contributed by atoms with E-state index in [2.05, 4.69) is 133 Å². The van der Waals surface area contributed by atoms with E-state index < -0.39 is 0 Å². The minimum absolute atomic E-state index is 0.509. The average molecular weight is 768 g/mol. The lowest BCUT2D eigenvalue weighted by molar-refractivity contribution is 0.669. The lowest BCUT2D eigenvalue weighted by Gasteiger charge is -2.16. The van der Waals surface area contributed by atoms with E-state index in [1.165, 1.54) is 21.9 Å². The van der Waals surface area contributed by atoms with Crippen LogP contribution in [0, 0.1) is 0 Å². The first-order chi connectivity index (χ1) is 29.7. The second kappa shape index (κ2) is 13.8. The lowest BCUT2D eigenvalue weighted by Crippen LogP contribution is -2.02. The van der Waals surface area contributed by atoms with E-state index in [0.29, 0.717) is 17.5 Å². The number of hydrogen-bond acceptors (Lipinski definition) is 5. The average Bonchev–Trinajstić information content (AvgIpc) is 3.90. The van der Waals surface area contributed by atoms with Crippen molar-refractivity contribution in [3.8, 4) is 67.5 Å². The molecule has 0 bridgehead atoms. The second-order valence-corrected chi connectivity index (χ2v) is 15.1. The van der Waals surface area contributed by atoms with Gasteiger partial charge in [0.2, 0.25) is 0 Å². The zero-order chi connectivity index (χ0) is 39.6. The molecule has 0 atom stereocenters. The molecule has 12 rings (SSSR count). The first-order valence-electron chi connectivity index (χ1n) is 20.1. The van der Waals surface area contributed by atoms with Gasteiger partial charge in [0.05, 0.1) is 11.1 Å². The molecule has 0 aliphatic carbocycles. The third-order valence-corrected chi connectivity index (χ3v) is 11.6. The highest BCUT2D eigenvalue weighted by Crippen LogP contribution is 2.42. The van der Waals surface area contributed by atoms with Gasteiger partial charge in [-0.1, -0.05) is 170 Å². The van der Waals surface area contributed by atoms with E-state index >= 15 is 0 Å². The number of nitrogens with zero attached hydrogens (tertiary/aromatic N) is 3. The summed E-state index contributed by atoms with van der Waals surface area (Å²) in [5.74, 6) is 1.56. The molecule has 280 valence electrons. The van der Waals surface area contributed by atoms with Gasteiger partial charge < -0.3 is 8.83 Å². The highest BCUT2D eigenvalue weighted by molar-refractivity contribution is 6.11. The molecule has 9 aromatic carbocycles. The van der Waals surface area contributed by atoms with Crippen LogP contribution in [0.15, 0.2) is 209 Å². The third-order valence-electron chi connectivity index (χ3n) is 11.6. The highest BCUT2D eigenvalue weighted by Gasteiger charge is 2.22. The van der Waals surface area contributed by atoms with E-state index in [0.717, 1.165) is 82.8 Å². The maximum atomic E-state index is 6.57. The van der Waals surface area contributed by atoms with Gasteiger partial charge in [0, 0.05) is 27.1 Å². The number of furan rings is 2. The van der Waals surface area contributed by atoms with Crippen molar-refractivity contribution in [2.24, 2.45) is 0 Å². The fraction of sp³-hybridized carbons (Fsp3) is 0. The Kier molecular flexibility index (Phi) is 7.78. The Bertz CT molecular complexity index is 3470. The number of fused-ring (bicyclic) bond motifs is 7. The summed E-state index contributed by atoms with van der Waals surface area (Å²) in [5, 5.41) is 6.45. The summed E-state index contributed by atoms with van der Waals surface area (Å²) in [4.78, 5) is 16.0. The van der Waals surface area contributed by atoms with E-state index in [1.54, 1.807) is 0 Å². The van der Waals surface area contributed by atoms with Crippen molar-refractivity contribution in [1.82, 2.24) is 15.0 Å². The van der Waals surface area contributed by atoms with Crippen molar-refractivity contribution in [3.63, 3.8) is 0 Å². The normalized spacial score (nSPS) is 11.7. The zero-order valence-electron chi connectivity index (χ0n) is 32.2. The topological polar surface area (TPSA) is 65.0 Å². The van der Waals surface area contributed by atoms with Crippen molar-refractivity contribution in [1.29, 1.82) is 0 Å². The molecule has 0 radical (unpaired) electrons. The van der Waals surface area contributed by atoms with Crippen molar-refractivity contribution < 1.29 is 8.83 Å². The van der Waals surface area contributed by atoms with Crippen molar-refractivity contribution >= 4 is 54.6 Å². The molecule has 0 N–H and O–H groups in total.